The molecule has 0 aromatic heterocycles. The number of hydrogen-bond acceptors (Lipinski definition) is 3. The summed E-state index contributed by atoms with van der Waals surface area (Å²) in [6, 6.07) is 7.63. The second-order valence-corrected chi connectivity index (χ2v) is 6.53. The summed E-state index contributed by atoms with van der Waals surface area (Å²) in [4.78, 5) is 25.5. The van der Waals surface area contributed by atoms with Gasteiger partial charge in [-0.1, -0.05) is 63.6 Å². The molecule has 0 aliphatic carbocycles. The van der Waals surface area contributed by atoms with E-state index >= 15 is 0 Å². The highest BCUT2D eigenvalue weighted by Gasteiger charge is 2.21. The Balaban J connectivity index is 1.74. The standard InChI is InChI=1S/C20H29NO3/c1-2-3-4-5-6-7-8-12-19(22)18-11-9-10-17(15-18)16-21-13-14-24-20(21)23/h9-11,15H,2-8,12-14,16H2,1H3. The van der Waals surface area contributed by atoms with Gasteiger partial charge in [-0.15, -0.1) is 0 Å². The van der Waals surface area contributed by atoms with Crippen molar-refractivity contribution in [3.8, 4) is 0 Å². The van der Waals surface area contributed by atoms with E-state index in [2.05, 4.69) is 6.92 Å². The third-order valence-corrected chi connectivity index (χ3v) is 4.47. The molecule has 0 atom stereocenters. The molecule has 1 aliphatic heterocycles. The molecule has 1 fully saturated rings. The molecule has 0 unspecified atom stereocenters. The number of benzene rings is 1. The molecule has 1 heterocycles. The Morgan fingerprint density at radius 3 is 2.58 bits per heavy atom. The second kappa shape index (κ2) is 10.1. The largest absolute Gasteiger partial charge is 0.448 e. The van der Waals surface area contributed by atoms with Crippen molar-refractivity contribution >= 4 is 11.9 Å². The molecular formula is C20H29NO3. The molecule has 0 spiro atoms. The zero-order valence-corrected chi connectivity index (χ0v) is 14.8. The Morgan fingerprint density at radius 1 is 1.12 bits per heavy atom. The van der Waals surface area contributed by atoms with Gasteiger partial charge in [-0.05, 0) is 18.1 Å². The number of nitrogens with zero attached hydrogens (tertiary/aromatic N) is 1. The van der Waals surface area contributed by atoms with Crippen molar-refractivity contribution in [3.05, 3.63) is 35.4 Å². The number of carbonyl (C=O) groups is 2. The molecule has 1 amide bonds. The minimum atomic E-state index is -0.269. The fourth-order valence-electron chi connectivity index (χ4n) is 3.02. The summed E-state index contributed by atoms with van der Waals surface area (Å²) in [6.45, 7) is 3.81. The predicted octanol–water partition coefficient (Wildman–Crippen LogP) is 4.96. The molecule has 132 valence electrons. The quantitative estimate of drug-likeness (QED) is 0.425. The van der Waals surface area contributed by atoms with Gasteiger partial charge in [-0.2, -0.15) is 0 Å². The van der Waals surface area contributed by atoms with E-state index in [-0.39, 0.29) is 11.9 Å². The van der Waals surface area contributed by atoms with Crippen LogP contribution in [0.4, 0.5) is 4.79 Å². The van der Waals surface area contributed by atoms with Crippen molar-refractivity contribution in [3.63, 3.8) is 0 Å². The molecule has 2 rings (SSSR count). The van der Waals surface area contributed by atoms with E-state index < -0.39 is 0 Å². The molecule has 1 aromatic rings. The SMILES string of the molecule is CCCCCCCCCC(=O)c1cccc(CN2CCOC2=O)c1. The van der Waals surface area contributed by atoms with Crippen LogP contribution in [0.3, 0.4) is 0 Å². The summed E-state index contributed by atoms with van der Waals surface area (Å²) in [7, 11) is 0. The predicted molar refractivity (Wildman–Crippen MR) is 95.1 cm³/mol. The van der Waals surface area contributed by atoms with Crippen molar-refractivity contribution in [2.45, 2.75) is 64.8 Å². The zero-order valence-electron chi connectivity index (χ0n) is 14.8. The average Bonchev–Trinajstić information content (AvgIpc) is 2.99. The zero-order chi connectivity index (χ0) is 17.2. The third kappa shape index (κ3) is 5.99. The topological polar surface area (TPSA) is 46.6 Å². The number of rotatable bonds is 11. The molecule has 4 heteroatoms. The number of carbonyl (C=O) groups excluding carboxylic acids is 2. The summed E-state index contributed by atoms with van der Waals surface area (Å²) < 4.78 is 4.94. The number of cyclic esters (lactones) is 1. The smallest absolute Gasteiger partial charge is 0.410 e. The van der Waals surface area contributed by atoms with Gasteiger partial charge in [0.2, 0.25) is 0 Å². The van der Waals surface area contributed by atoms with Crippen molar-refractivity contribution in [2.75, 3.05) is 13.2 Å². The number of amides is 1. The average molecular weight is 331 g/mol. The van der Waals surface area contributed by atoms with Crippen LogP contribution in [0.1, 0.15) is 74.2 Å². The first-order chi connectivity index (χ1) is 11.7. The van der Waals surface area contributed by atoms with E-state index in [0.29, 0.717) is 26.1 Å². The van der Waals surface area contributed by atoms with E-state index in [4.69, 9.17) is 4.74 Å². The number of unbranched alkanes of at least 4 members (excludes halogenated alkanes) is 6. The summed E-state index contributed by atoms with van der Waals surface area (Å²) in [6.07, 6.45) is 8.85. The lowest BCUT2D eigenvalue weighted by Crippen LogP contribution is -2.23. The molecular weight excluding hydrogens is 302 g/mol. The van der Waals surface area contributed by atoms with Crippen LogP contribution in [0.25, 0.3) is 0 Å². The van der Waals surface area contributed by atoms with Gasteiger partial charge in [0.1, 0.15) is 6.61 Å². The molecule has 1 aromatic carbocycles. The lowest BCUT2D eigenvalue weighted by Gasteiger charge is -2.13. The maximum Gasteiger partial charge on any atom is 0.410 e. The number of ketones is 1. The second-order valence-electron chi connectivity index (χ2n) is 6.53. The minimum absolute atomic E-state index is 0.203. The Kier molecular flexibility index (Phi) is 7.80. The van der Waals surface area contributed by atoms with E-state index in [1.54, 1.807) is 4.90 Å². The van der Waals surface area contributed by atoms with Crippen LogP contribution in [0, 0.1) is 0 Å². The van der Waals surface area contributed by atoms with Gasteiger partial charge >= 0.3 is 6.09 Å². The van der Waals surface area contributed by atoms with Crippen molar-refractivity contribution in [1.82, 2.24) is 4.90 Å². The summed E-state index contributed by atoms with van der Waals surface area (Å²) in [5.74, 6) is 0.203. The Labute approximate surface area is 145 Å². The lowest BCUT2D eigenvalue weighted by atomic mass is 10.0. The molecule has 4 nitrogen and oxygen atoms in total. The minimum Gasteiger partial charge on any atom is -0.448 e. The molecule has 1 aliphatic rings. The Bertz CT molecular complexity index is 541. The monoisotopic (exact) mass is 331 g/mol. The first-order valence-corrected chi connectivity index (χ1v) is 9.24. The van der Waals surface area contributed by atoms with Gasteiger partial charge in [-0.3, -0.25) is 4.79 Å². The normalized spacial score (nSPS) is 14.0. The number of ether oxygens (including phenoxy) is 1. The van der Waals surface area contributed by atoms with Gasteiger partial charge in [0.15, 0.2) is 5.78 Å². The third-order valence-electron chi connectivity index (χ3n) is 4.47. The number of hydrogen-bond donors (Lipinski definition) is 0. The van der Waals surface area contributed by atoms with Crippen LogP contribution in [0.15, 0.2) is 24.3 Å². The lowest BCUT2D eigenvalue weighted by molar-refractivity contribution is 0.0979. The van der Waals surface area contributed by atoms with Gasteiger partial charge in [-0.25, -0.2) is 4.79 Å². The van der Waals surface area contributed by atoms with E-state index in [1.807, 2.05) is 24.3 Å². The molecule has 0 saturated carbocycles. The van der Waals surface area contributed by atoms with E-state index in [1.165, 1.54) is 32.1 Å². The van der Waals surface area contributed by atoms with E-state index in [9.17, 15) is 9.59 Å². The van der Waals surface area contributed by atoms with Crippen molar-refractivity contribution in [2.24, 2.45) is 0 Å². The van der Waals surface area contributed by atoms with Gasteiger partial charge < -0.3 is 9.64 Å². The van der Waals surface area contributed by atoms with Crippen molar-refractivity contribution < 1.29 is 14.3 Å². The van der Waals surface area contributed by atoms with Gasteiger partial charge in [0.05, 0.1) is 6.54 Å². The highest BCUT2D eigenvalue weighted by molar-refractivity contribution is 5.96. The van der Waals surface area contributed by atoms with Crippen LogP contribution in [0.2, 0.25) is 0 Å². The van der Waals surface area contributed by atoms with Crippen LogP contribution in [-0.4, -0.2) is 29.9 Å². The highest BCUT2D eigenvalue weighted by Crippen LogP contribution is 2.15. The molecule has 0 N–H and O–H groups in total. The Morgan fingerprint density at radius 2 is 1.88 bits per heavy atom. The van der Waals surface area contributed by atoms with Crippen LogP contribution in [-0.2, 0) is 11.3 Å². The molecule has 24 heavy (non-hydrogen) atoms. The highest BCUT2D eigenvalue weighted by atomic mass is 16.6. The molecule has 1 saturated heterocycles. The van der Waals surface area contributed by atoms with Crippen LogP contribution < -0.4 is 0 Å². The van der Waals surface area contributed by atoms with Crippen LogP contribution in [0.5, 0.6) is 0 Å². The van der Waals surface area contributed by atoms with Gasteiger partial charge in [0, 0.05) is 18.5 Å². The van der Waals surface area contributed by atoms with Crippen LogP contribution >= 0.6 is 0 Å². The molecule has 0 bridgehead atoms. The summed E-state index contributed by atoms with van der Waals surface area (Å²) >= 11 is 0. The van der Waals surface area contributed by atoms with Crippen molar-refractivity contribution in [1.29, 1.82) is 0 Å². The first kappa shape index (κ1) is 18.5. The van der Waals surface area contributed by atoms with Gasteiger partial charge in [0.25, 0.3) is 0 Å². The molecule has 0 radical (unpaired) electrons. The summed E-state index contributed by atoms with van der Waals surface area (Å²) in [5.41, 5.74) is 1.74. The van der Waals surface area contributed by atoms with E-state index in [0.717, 1.165) is 24.0 Å². The maximum absolute atomic E-state index is 12.3. The maximum atomic E-state index is 12.3. The fourth-order valence-corrected chi connectivity index (χ4v) is 3.02. The number of Topliss-reactive ketones (excluding diaryl/α,β-unsaturated/α-hetero) is 1. The Hall–Kier alpha value is -1.84. The fraction of sp³-hybridized carbons (Fsp3) is 0.600. The summed E-state index contributed by atoms with van der Waals surface area (Å²) in [5, 5.41) is 0. The first-order valence-electron chi connectivity index (χ1n) is 9.24.